The summed E-state index contributed by atoms with van der Waals surface area (Å²) in [6, 6.07) is 14.7. The molecule has 12 heavy (non-hydrogen) atoms. The second-order valence-corrected chi connectivity index (χ2v) is 2.80. The molecule has 2 aromatic carbocycles. The minimum absolute atomic E-state index is 0. The van der Waals surface area contributed by atoms with Gasteiger partial charge in [0.05, 0.1) is 0 Å². The Morgan fingerprint density at radius 1 is 1.08 bits per heavy atom. The van der Waals surface area contributed by atoms with Crippen LogP contribution in [-0.2, 0) is 0 Å². The fraction of sp³-hybridized carbons (Fsp3) is 0. The maximum absolute atomic E-state index is 5.93. The number of fused-ring (bicyclic) bond motifs is 1. The van der Waals surface area contributed by atoms with E-state index in [0.29, 0.717) is 0 Å². The first-order valence-corrected chi connectivity index (χ1v) is 3.80. The van der Waals surface area contributed by atoms with E-state index in [1.54, 1.807) is 6.07 Å². The van der Waals surface area contributed by atoms with Gasteiger partial charge in [0.1, 0.15) is 0 Å². The summed E-state index contributed by atoms with van der Waals surface area (Å²) in [4.78, 5) is 0. The van der Waals surface area contributed by atoms with Crippen LogP contribution in [0.25, 0.3) is 10.8 Å². The first kappa shape index (κ1) is 9.67. The molecule has 0 fully saturated rings. The van der Waals surface area contributed by atoms with Crippen molar-refractivity contribution in [1.29, 1.82) is 0 Å². The zero-order chi connectivity index (χ0) is 7.68. The molecular weight excluding hydrogens is 163 g/mol. The summed E-state index contributed by atoms with van der Waals surface area (Å²) in [6.07, 6.45) is 0. The Kier molecular flexibility index (Phi) is 3.23. The van der Waals surface area contributed by atoms with Gasteiger partial charge < -0.3 is 0 Å². The molecule has 0 saturated carbocycles. The van der Waals surface area contributed by atoms with Crippen LogP contribution in [0.1, 0.15) is 0 Å². The van der Waals surface area contributed by atoms with Crippen molar-refractivity contribution >= 4 is 22.4 Å². The predicted molar refractivity (Wildman–Crippen MR) is 47.8 cm³/mol. The van der Waals surface area contributed by atoms with Gasteiger partial charge >= 0.3 is 18.9 Å². The number of rotatable bonds is 0. The van der Waals surface area contributed by atoms with E-state index in [2.05, 4.69) is 6.07 Å². The monoisotopic (exact) mass is 168 g/mol. The molecular formula is C10H6ClLi. The summed E-state index contributed by atoms with van der Waals surface area (Å²) in [5.74, 6) is 0. The second kappa shape index (κ2) is 4.01. The maximum Gasteiger partial charge on any atom is 1.00 e. The first-order chi connectivity index (χ1) is 5.38. The minimum Gasteiger partial charge on any atom is -0.182 e. The van der Waals surface area contributed by atoms with Gasteiger partial charge in [-0.25, -0.2) is 0 Å². The number of hydrogen-bond acceptors (Lipinski definition) is 0. The van der Waals surface area contributed by atoms with Crippen molar-refractivity contribution in [3.63, 3.8) is 0 Å². The molecule has 0 saturated heterocycles. The van der Waals surface area contributed by atoms with Crippen molar-refractivity contribution in [2.24, 2.45) is 0 Å². The Morgan fingerprint density at radius 2 is 1.83 bits per heavy atom. The molecule has 0 atom stereocenters. The molecule has 0 aliphatic heterocycles. The standard InChI is InChI=1S/C10H6Cl.Li/c11-10-7-3-5-8-4-1-2-6-9(8)10;/h1-2,4-7H;/q-1;+1. The first-order valence-electron chi connectivity index (χ1n) is 3.42. The number of hydrogen-bond donors (Lipinski definition) is 0. The third-order valence-corrected chi connectivity index (χ3v) is 1.98. The van der Waals surface area contributed by atoms with Crippen LogP contribution in [0.4, 0.5) is 0 Å². The molecule has 0 aliphatic carbocycles. The summed E-state index contributed by atoms with van der Waals surface area (Å²) >= 11 is 5.93. The fourth-order valence-electron chi connectivity index (χ4n) is 1.12. The molecule has 0 unspecified atom stereocenters. The topological polar surface area (TPSA) is 0 Å². The Hall–Kier alpha value is -0.413. The van der Waals surface area contributed by atoms with Crippen LogP contribution in [0, 0.1) is 6.07 Å². The van der Waals surface area contributed by atoms with Crippen molar-refractivity contribution < 1.29 is 18.9 Å². The summed E-state index contributed by atoms with van der Waals surface area (Å²) in [5.41, 5.74) is 0. The molecule has 0 bridgehead atoms. The van der Waals surface area contributed by atoms with E-state index >= 15 is 0 Å². The van der Waals surface area contributed by atoms with Crippen molar-refractivity contribution in [1.82, 2.24) is 0 Å². The Morgan fingerprint density at radius 3 is 2.58 bits per heavy atom. The van der Waals surface area contributed by atoms with Gasteiger partial charge in [-0.2, -0.15) is 29.8 Å². The maximum atomic E-state index is 5.93. The zero-order valence-electron chi connectivity index (χ0n) is 6.84. The van der Waals surface area contributed by atoms with E-state index in [1.165, 1.54) is 0 Å². The molecule has 54 valence electrons. The van der Waals surface area contributed by atoms with E-state index in [0.717, 1.165) is 15.8 Å². The van der Waals surface area contributed by atoms with E-state index in [4.69, 9.17) is 11.6 Å². The Bertz CT molecular complexity index is 379. The third-order valence-electron chi connectivity index (χ3n) is 1.67. The molecule has 0 spiro atoms. The smallest absolute Gasteiger partial charge is 0.182 e. The van der Waals surface area contributed by atoms with Crippen LogP contribution in [0.3, 0.4) is 0 Å². The van der Waals surface area contributed by atoms with Gasteiger partial charge in [-0.15, -0.1) is 16.8 Å². The number of halogens is 1. The van der Waals surface area contributed by atoms with Crippen molar-refractivity contribution in [2.45, 2.75) is 0 Å². The van der Waals surface area contributed by atoms with Crippen LogP contribution in [-0.4, -0.2) is 0 Å². The molecule has 0 nitrogen and oxygen atoms in total. The van der Waals surface area contributed by atoms with Crippen molar-refractivity contribution in [3.05, 3.63) is 47.5 Å². The van der Waals surface area contributed by atoms with Gasteiger partial charge in [0.2, 0.25) is 0 Å². The molecule has 0 amide bonds. The van der Waals surface area contributed by atoms with Gasteiger partial charge in [-0.3, -0.25) is 0 Å². The van der Waals surface area contributed by atoms with Crippen LogP contribution in [0.2, 0.25) is 5.02 Å². The molecule has 2 aromatic rings. The van der Waals surface area contributed by atoms with Crippen LogP contribution >= 0.6 is 11.6 Å². The van der Waals surface area contributed by atoms with E-state index < -0.39 is 0 Å². The minimum atomic E-state index is 0. The van der Waals surface area contributed by atoms with Crippen molar-refractivity contribution in [2.75, 3.05) is 0 Å². The summed E-state index contributed by atoms with van der Waals surface area (Å²) in [6.45, 7) is 0. The van der Waals surface area contributed by atoms with E-state index in [-0.39, 0.29) is 18.9 Å². The van der Waals surface area contributed by atoms with Gasteiger partial charge in [-0.05, 0) is 0 Å². The van der Waals surface area contributed by atoms with Gasteiger partial charge in [0.25, 0.3) is 0 Å². The van der Waals surface area contributed by atoms with E-state index in [1.807, 2.05) is 30.3 Å². The average Bonchev–Trinajstić information content (AvgIpc) is 2.06. The van der Waals surface area contributed by atoms with Crippen LogP contribution in [0.5, 0.6) is 0 Å². The molecule has 2 rings (SSSR count). The van der Waals surface area contributed by atoms with Crippen molar-refractivity contribution in [3.8, 4) is 0 Å². The molecule has 0 heterocycles. The fourth-order valence-corrected chi connectivity index (χ4v) is 1.36. The predicted octanol–water partition coefficient (Wildman–Crippen LogP) is 0.297. The molecule has 0 N–H and O–H groups in total. The summed E-state index contributed by atoms with van der Waals surface area (Å²) in [7, 11) is 0. The molecule has 0 radical (unpaired) electrons. The Labute approximate surface area is 88.7 Å². The Balaban J connectivity index is 0.000000720. The summed E-state index contributed by atoms with van der Waals surface area (Å²) in [5, 5.41) is 3.00. The average molecular weight is 169 g/mol. The normalized spacial score (nSPS) is 9.42. The molecule has 2 heteroatoms. The number of benzene rings is 2. The van der Waals surface area contributed by atoms with Crippen LogP contribution in [0.15, 0.2) is 36.4 Å². The van der Waals surface area contributed by atoms with Crippen LogP contribution < -0.4 is 18.9 Å². The summed E-state index contributed by atoms with van der Waals surface area (Å²) < 4.78 is 0. The molecule has 0 aliphatic rings. The largest absolute Gasteiger partial charge is 1.00 e. The third kappa shape index (κ3) is 1.67. The van der Waals surface area contributed by atoms with Gasteiger partial charge in [0, 0.05) is 0 Å². The zero-order valence-corrected chi connectivity index (χ0v) is 7.60. The van der Waals surface area contributed by atoms with Gasteiger partial charge in [-0.1, -0.05) is 23.2 Å². The molecule has 0 aromatic heterocycles. The quantitative estimate of drug-likeness (QED) is 0.392. The SMILES string of the molecule is Clc1c[c-]cc2ccccc12.[Li+]. The second-order valence-electron chi connectivity index (χ2n) is 2.39. The van der Waals surface area contributed by atoms with E-state index in [9.17, 15) is 0 Å². The van der Waals surface area contributed by atoms with Gasteiger partial charge in [0.15, 0.2) is 0 Å².